The highest BCUT2D eigenvalue weighted by atomic mass is 16.7. The lowest BCUT2D eigenvalue weighted by Crippen LogP contribution is -2.65. The number of guanidine groups is 1. The van der Waals surface area contributed by atoms with Crippen molar-refractivity contribution in [3.05, 3.63) is 45.0 Å². The number of amides is 2. The fourth-order valence-electron chi connectivity index (χ4n) is 7.40. The third kappa shape index (κ3) is 7.54. The predicted molar refractivity (Wildman–Crippen MR) is 169 cm³/mol. The number of nitrogens with one attached hydrogen (secondary N) is 3. The minimum Gasteiger partial charge on any atom is -0.404 e. The van der Waals surface area contributed by atoms with Crippen LogP contribution in [0.2, 0.25) is 0 Å². The third-order valence-corrected chi connectivity index (χ3v) is 10.00. The van der Waals surface area contributed by atoms with Crippen LogP contribution in [-0.2, 0) is 25.3 Å². The highest BCUT2D eigenvalue weighted by molar-refractivity contribution is 6.48. The predicted octanol–water partition coefficient (Wildman–Crippen LogP) is 3.01. The van der Waals surface area contributed by atoms with Gasteiger partial charge in [-0.2, -0.15) is 0 Å². The van der Waals surface area contributed by atoms with Crippen LogP contribution >= 0.6 is 0 Å². The zero-order valence-electron chi connectivity index (χ0n) is 27.1. The van der Waals surface area contributed by atoms with Crippen molar-refractivity contribution in [3.63, 3.8) is 0 Å². The molecule has 4 fully saturated rings. The molecule has 5 rings (SSSR count). The first-order chi connectivity index (χ1) is 20.6. The van der Waals surface area contributed by atoms with Crippen molar-refractivity contribution in [2.24, 2.45) is 33.9 Å². The zero-order valence-corrected chi connectivity index (χ0v) is 27.1. The largest absolute Gasteiger partial charge is 0.481 e. The maximum atomic E-state index is 13.8. The maximum absolute atomic E-state index is 13.8. The van der Waals surface area contributed by atoms with Gasteiger partial charge in [0.05, 0.1) is 24.1 Å². The first kappa shape index (κ1) is 33.7. The number of hydrogen-bond acceptors (Lipinski definition) is 7. The Morgan fingerprint density at radius 2 is 1.93 bits per heavy atom. The van der Waals surface area contributed by atoms with E-state index in [1.807, 2.05) is 32.0 Å². The Morgan fingerprint density at radius 3 is 2.59 bits per heavy atom. The normalized spacial score (nSPS) is 26.8. The summed E-state index contributed by atoms with van der Waals surface area (Å²) in [6, 6.07) is 5.09. The van der Waals surface area contributed by atoms with Crippen LogP contribution in [0.1, 0.15) is 83.4 Å². The van der Waals surface area contributed by atoms with Gasteiger partial charge < -0.3 is 25.7 Å². The molecule has 3 aliphatic carbocycles. The lowest BCUT2D eigenvalue weighted by Gasteiger charge is -2.64. The zero-order chi connectivity index (χ0) is 32.4. The fraction of sp³-hybridized carbons (Fsp3) is 0.710. The topological polar surface area (TPSA) is 170 Å². The molecular weight excluding hydrogens is 563 g/mol. The van der Waals surface area contributed by atoms with Gasteiger partial charge in [-0.1, -0.05) is 56.9 Å². The number of carbonyl (C=O) groups excluding carboxylic acids is 2. The molecule has 13 heteroatoms. The molecule has 0 aromatic heterocycles. The second kappa shape index (κ2) is 13.4. The smallest absolute Gasteiger partial charge is 0.404 e. The van der Waals surface area contributed by atoms with Crippen molar-refractivity contribution in [2.45, 2.75) is 111 Å². The standard InChI is InChI=1S/C31H49BN6O6/c1-18(2)13-26(32-43-25-17-22-16-24(30(22,5)6)31(25,7)44-32)36-28(40)23(9-8-12-34-29(33)37-38(41)42)35-27(39)15-21-14-19(3)10-11-20(21)4/h10-11,14,18,22-26H,8-9,12-13,15-17H2,1-7H3,(H,35,39)(H,36,40)(H3,33,34,37)/t22-,23+,24-,25-,26+,31+/m1/s1. The van der Waals surface area contributed by atoms with Crippen LogP contribution in [0, 0.1) is 47.1 Å². The molecule has 1 saturated heterocycles. The van der Waals surface area contributed by atoms with Crippen molar-refractivity contribution in [2.75, 3.05) is 6.54 Å². The van der Waals surface area contributed by atoms with E-state index in [2.05, 4.69) is 50.2 Å². The number of benzene rings is 1. The Bertz CT molecular complexity index is 1270. The van der Waals surface area contributed by atoms with Crippen molar-refractivity contribution in [1.29, 1.82) is 0 Å². The summed E-state index contributed by atoms with van der Waals surface area (Å²) < 4.78 is 13.2. The van der Waals surface area contributed by atoms with Gasteiger partial charge in [0.2, 0.25) is 11.8 Å². The van der Waals surface area contributed by atoms with Crippen LogP contribution in [0.5, 0.6) is 0 Å². The van der Waals surface area contributed by atoms with E-state index in [1.165, 1.54) is 0 Å². The monoisotopic (exact) mass is 612 g/mol. The van der Waals surface area contributed by atoms with Gasteiger partial charge in [0.25, 0.3) is 5.96 Å². The molecule has 0 spiro atoms. The number of rotatable bonds is 13. The van der Waals surface area contributed by atoms with E-state index in [0.717, 1.165) is 29.5 Å². The molecule has 1 aliphatic heterocycles. The van der Waals surface area contributed by atoms with Gasteiger partial charge in [-0.05, 0) is 87.2 Å². The molecule has 1 aromatic carbocycles. The molecule has 5 N–H and O–H groups in total. The summed E-state index contributed by atoms with van der Waals surface area (Å²) in [5.41, 5.74) is 10.1. The lowest BCUT2D eigenvalue weighted by atomic mass is 9.43. The Balaban J connectivity index is 1.47. The molecule has 2 bridgehead atoms. The number of aryl methyl sites for hydroxylation is 2. The first-order valence-corrected chi connectivity index (χ1v) is 15.8. The van der Waals surface area contributed by atoms with E-state index in [-0.39, 0.29) is 54.6 Å². The van der Waals surface area contributed by atoms with E-state index in [4.69, 9.17) is 15.0 Å². The van der Waals surface area contributed by atoms with E-state index in [1.54, 1.807) is 5.43 Å². The summed E-state index contributed by atoms with van der Waals surface area (Å²) in [5, 5.41) is 15.9. The van der Waals surface area contributed by atoms with Gasteiger partial charge in [0.15, 0.2) is 5.03 Å². The van der Waals surface area contributed by atoms with Gasteiger partial charge in [-0.25, -0.2) is 15.1 Å². The average molecular weight is 613 g/mol. The van der Waals surface area contributed by atoms with Crippen LogP contribution in [-0.4, -0.2) is 60.2 Å². The molecule has 2 amide bonds. The molecule has 0 radical (unpaired) electrons. The second-order valence-corrected chi connectivity index (χ2v) is 14.1. The molecule has 4 aliphatic rings. The molecule has 1 heterocycles. The average Bonchev–Trinajstić information content (AvgIpc) is 3.28. The summed E-state index contributed by atoms with van der Waals surface area (Å²) in [5.74, 6) is -0.0562. The second-order valence-electron chi connectivity index (χ2n) is 14.1. The highest BCUT2D eigenvalue weighted by Crippen LogP contribution is 2.65. The number of hydrogen-bond donors (Lipinski definition) is 4. The van der Waals surface area contributed by atoms with Gasteiger partial charge in [0, 0.05) is 6.54 Å². The minimum atomic E-state index is -0.854. The summed E-state index contributed by atoms with van der Waals surface area (Å²) >= 11 is 0. The van der Waals surface area contributed by atoms with Gasteiger partial charge in [-0.3, -0.25) is 9.59 Å². The highest BCUT2D eigenvalue weighted by Gasteiger charge is 2.68. The quantitative estimate of drug-likeness (QED) is 0.0658. The number of aliphatic imine (C=N–C) groups is 1. The number of nitro groups is 1. The van der Waals surface area contributed by atoms with E-state index in [0.29, 0.717) is 24.7 Å². The number of carbonyl (C=O) groups is 2. The van der Waals surface area contributed by atoms with E-state index in [9.17, 15) is 19.7 Å². The van der Waals surface area contributed by atoms with Crippen LogP contribution < -0.4 is 21.8 Å². The number of hydrazine groups is 1. The molecular formula is C31H49BN6O6. The Hall–Kier alpha value is -3.19. The SMILES string of the molecule is Cc1ccc(C)c(CC(=O)N[C@@H](CCCN=C(N)N[N+](=O)[O-])C(=O)N[C@@H](CC(C)C)B2O[C@@H]3C[C@H]4C[C@H](C4(C)C)[C@]3(C)O2)c1. The minimum absolute atomic E-state index is 0.0139. The van der Waals surface area contributed by atoms with Crippen LogP contribution in [0.15, 0.2) is 23.2 Å². The molecule has 44 heavy (non-hydrogen) atoms. The number of nitrogens with zero attached hydrogens (tertiary/aromatic N) is 2. The van der Waals surface area contributed by atoms with Gasteiger partial charge >= 0.3 is 7.12 Å². The summed E-state index contributed by atoms with van der Waals surface area (Å²) in [7, 11) is -0.588. The van der Waals surface area contributed by atoms with Crippen LogP contribution in [0.3, 0.4) is 0 Å². The van der Waals surface area contributed by atoms with Gasteiger partial charge in [0.1, 0.15) is 6.04 Å². The van der Waals surface area contributed by atoms with Crippen LogP contribution in [0.4, 0.5) is 0 Å². The Morgan fingerprint density at radius 1 is 1.20 bits per heavy atom. The van der Waals surface area contributed by atoms with Crippen molar-refractivity contribution in [3.8, 4) is 0 Å². The molecule has 1 aromatic rings. The maximum Gasteiger partial charge on any atom is 0.481 e. The van der Waals surface area contributed by atoms with E-state index >= 15 is 0 Å². The molecule has 3 saturated carbocycles. The van der Waals surface area contributed by atoms with E-state index < -0.39 is 29.7 Å². The van der Waals surface area contributed by atoms with Gasteiger partial charge in [-0.15, -0.1) is 0 Å². The summed E-state index contributed by atoms with van der Waals surface area (Å²) in [6.07, 6.45) is 3.48. The first-order valence-electron chi connectivity index (χ1n) is 15.8. The molecule has 242 valence electrons. The molecule has 6 atom stereocenters. The molecule has 0 unspecified atom stereocenters. The number of nitrogens with two attached hydrogens (primary N) is 1. The van der Waals surface area contributed by atoms with Crippen molar-refractivity contribution < 1.29 is 23.9 Å². The van der Waals surface area contributed by atoms with Crippen molar-refractivity contribution >= 4 is 24.9 Å². The fourth-order valence-corrected chi connectivity index (χ4v) is 7.40. The molecule has 12 nitrogen and oxygen atoms in total. The van der Waals surface area contributed by atoms with Crippen molar-refractivity contribution in [1.82, 2.24) is 16.1 Å². The summed E-state index contributed by atoms with van der Waals surface area (Å²) in [6.45, 7) is 15.0. The van der Waals surface area contributed by atoms with Crippen LogP contribution in [0.25, 0.3) is 0 Å². The Kier molecular flexibility index (Phi) is 10.3. The lowest BCUT2D eigenvalue weighted by molar-refractivity contribution is -0.525. The Labute approximate surface area is 260 Å². The third-order valence-electron chi connectivity index (χ3n) is 10.00. The summed E-state index contributed by atoms with van der Waals surface area (Å²) in [4.78, 5) is 41.6.